The number of anilines is 1. The van der Waals surface area contributed by atoms with Gasteiger partial charge in [-0.3, -0.25) is 0 Å². The second-order valence-corrected chi connectivity index (χ2v) is 6.34. The normalized spacial score (nSPS) is 11.4. The van der Waals surface area contributed by atoms with E-state index in [-0.39, 0.29) is 0 Å². The van der Waals surface area contributed by atoms with E-state index in [1.165, 1.54) is 6.07 Å². The van der Waals surface area contributed by atoms with Gasteiger partial charge in [0.25, 0.3) is 0 Å². The average molecular weight is 395 g/mol. The van der Waals surface area contributed by atoms with Gasteiger partial charge in [0.05, 0.1) is 24.1 Å². The third-order valence-corrected chi connectivity index (χ3v) is 4.27. The van der Waals surface area contributed by atoms with E-state index >= 15 is 0 Å². The highest BCUT2D eigenvalue weighted by Gasteiger charge is 2.30. The van der Waals surface area contributed by atoms with E-state index in [0.717, 1.165) is 17.7 Å². The summed E-state index contributed by atoms with van der Waals surface area (Å²) in [5.41, 5.74) is 0.801. The van der Waals surface area contributed by atoms with Crippen LogP contribution in [0.4, 0.5) is 19.0 Å². The molecule has 1 N–H and O–H groups in total. The maximum Gasteiger partial charge on any atom is 0.416 e. The zero-order chi connectivity index (χ0) is 20.3. The van der Waals surface area contributed by atoms with Crippen LogP contribution in [0.5, 0.6) is 0 Å². The highest BCUT2D eigenvalue weighted by Crippen LogP contribution is 2.32. The minimum atomic E-state index is -4.42. The molecule has 0 radical (unpaired) electrons. The van der Waals surface area contributed by atoms with Crippen molar-refractivity contribution >= 4 is 5.82 Å². The zero-order valence-corrected chi connectivity index (χ0v) is 15.1. The summed E-state index contributed by atoms with van der Waals surface area (Å²) in [5.74, 6) is 1.62. The molecule has 2 aromatic heterocycles. The van der Waals surface area contributed by atoms with Crippen LogP contribution in [-0.4, -0.2) is 9.97 Å². The molecule has 7 heteroatoms. The number of aromatic nitrogens is 2. The molecule has 2 aromatic carbocycles. The van der Waals surface area contributed by atoms with Crippen LogP contribution < -0.4 is 5.32 Å². The van der Waals surface area contributed by atoms with E-state index in [4.69, 9.17) is 4.42 Å². The van der Waals surface area contributed by atoms with E-state index in [1.807, 2.05) is 36.4 Å². The monoisotopic (exact) mass is 395 g/mol. The number of nitrogens with one attached hydrogen (secondary N) is 1. The molecule has 0 unspecified atom stereocenters. The molecular weight excluding hydrogens is 379 g/mol. The van der Waals surface area contributed by atoms with Crippen LogP contribution in [0, 0.1) is 0 Å². The molecule has 0 aliphatic heterocycles. The summed E-state index contributed by atoms with van der Waals surface area (Å²) in [6.45, 7) is 0.389. The SMILES string of the molecule is FC(F)(F)c1cccc(-c2cc(NCc3ccco3)nc(-c3ccccc3)n2)c1. The minimum absolute atomic E-state index is 0.362. The lowest BCUT2D eigenvalue weighted by molar-refractivity contribution is -0.137. The largest absolute Gasteiger partial charge is 0.467 e. The Hall–Kier alpha value is -3.61. The molecule has 146 valence electrons. The molecular formula is C22H16F3N3O. The average Bonchev–Trinajstić information content (AvgIpc) is 3.26. The third-order valence-electron chi connectivity index (χ3n) is 4.27. The van der Waals surface area contributed by atoms with Crippen molar-refractivity contribution in [2.24, 2.45) is 0 Å². The molecule has 0 saturated heterocycles. The molecule has 0 spiro atoms. The Morgan fingerprint density at radius 3 is 2.34 bits per heavy atom. The van der Waals surface area contributed by atoms with Crippen molar-refractivity contribution in [1.29, 1.82) is 0 Å². The van der Waals surface area contributed by atoms with Gasteiger partial charge in [-0.05, 0) is 24.3 Å². The molecule has 2 heterocycles. The van der Waals surface area contributed by atoms with Crippen LogP contribution in [0.3, 0.4) is 0 Å². The van der Waals surface area contributed by atoms with Gasteiger partial charge in [0, 0.05) is 17.2 Å². The van der Waals surface area contributed by atoms with E-state index in [1.54, 1.807) is 24.5 Å². The third kappa shape index (κ3) is 4.45. The van der Waals surface area contributed by atoms with Crippen molar-refractivity contribution in [2.45, 2.75) is 12.7 Å². The summed E-state index contributed by atoms with van der Waals surface area (Å²) >= 11 is 0. The van der Waals surface area contributed by atoms with Crippen molar-refractivity contribution in [3.05, 3.63) is 90.4 Å². The molecule has 4 rings (SSSR count). The summed E-state index contributed by atoms with van der Waals surface area (Å²) in [4.78, 5) is 9.01. The lowest BCUT2D eigenvalue weighted by atomic mass is 10.1. The van der Waals surface area contributed by atoms with Crippen molar-refractivity contribution in [3.63, 3.8) is 0 Å². The predicted molar refractivity (Wildman–Crippen MR) is 104 cm³/mol. The Labute approximate surface area is 165 Å². The Balaban J connectivity index is 1.75. The highest BCUT2D eigenvalue weighted by atomic mass is 19.4. The number of furan rings is 1. The lowest BCUT2D eigenvalue weighted by Gasteiger charge is -2.12. The van der Waals surface area contributed by atoms with Gasteiger partial charge in [-0.25, -0.2) is 9.97 Å². The van der Waals surface area contributed by atoms with E-state index < -0.39 is 11.7 Å². The Kier molecular flexibility index (Phi) is 5.03. The highest BCUT2D eigenvalue weighted by molar-refractivity contribution is 5.68. The molecule has 0 aliphatic rings. The van der Waals surface area contributed by atoms with Gasteiger partial charge in [-0.1, -0.05) is 42.5 Å². The van der Waals surface area contributed by atoms with E-state index in [0.29, 0.717) is 35.2 Å². The van der Waals surface area contributed by atoms with Crippen molar-refractivity contribution in [1.82, 2.24) is 9.97 Å². The number of benzene rings is 2. The summed E-state index contributed by atoms with van der Waals surface area (Å²) in [5, 5.41) is 3.15. The lowest BCUT2D eigenvalue weighted by Crippen LogP contribution is -2.06. The Morgan fingerprint density at radius 1 is 0.828 bits per heavy atom. The summed E-state index contributed by atoms with van der Waals surface area (Å²) < 4.78 is 44.7. The molecule has 4 nitrogen and oxygen atoms in total. The van der Waals surface area contributed by atoms with Gasteiger partial charge < -0.3 is 9.73 Å². The molecule has 0 aliphatic carbocycles. The summed E-state index contributed by atoms with van der Waals surface area (Å²) in [7, 11) is 0. The molecule has 0 saturated carbocycles. The van der Waals surface area contributed by atoms with Gasteiger partial charge >= 0.3 is 6.18 Å². The number of rotatable bonds is 5. The van der Waals surface area contributed by atoms with Crippen LogP contribution >= 0.6 is 0 Å². The molecule has 0 bridgehead atoms. The first-order valence-corrected chi connectivity index (χ1v) is 8.87. The molecule has 4 aromatic rings. The van der Waals surface area contributed by atoms with Crippen molar-refractivity contribution < 1.29 is 17.6 Å². The number of halogens is 3. The fraction of sp³-hybridized carbons (Fsp3) is 0.0909. The Morgan fingerprint density at radius 2 is 1.62 bits per heavy atom. The summed E-state index contributed by atoms with van der Waals surface area (Å²) in [6, 6.07) is 19.6. The van der Waals surface area contributed by atoms with Crippen LogP contribution in [0.1, 0.15) is 11.3 Å². The smallest absolute Gasteiger partial charge is 0.416 e. The van der Waals surface area contributed by atoms with Gasteiger partial charge in [0.2, 0.25) is 0 Å². The van der Waals surface area contributed by atoms with Gasteiger partial charge in [-0.2, -0.15) is 13.2 Å². The van der Waals surface area contributed by atoms with E-state index in [2.05, 4.69) is 15.3 Å². The van der Waals surface area contributed by atoms with E-state index in [9.17, 15) is 13.2 Å². The maximum atomic E-state index is 13.1. The molecule has 0 atom stereocenters. The second kappa shape index (κ2) is 7.79. The number of hydrogen-bond donors (Lipinski definition) is 1. The number of hydrogen-bond acceptors (Lipinski definition) is 4. The number of nitrogens with zero attached hydrogens (tertiary/aromatic N) is 2. The zero-order valence-electron chi connectivity index (χ0n) is 15.1. The van der Waals surface area contributed by atoms with Crippen LogP contribution in [0.15, 0.2) is 83.5 Å². The van der Waals surface area contributed by atoms with Gasteiger partial charge in [0.1, 0.15) is 11.6 Å². The predicted octanol–water partition coefficient (Wildman–Crippen LogP) is 6.03. The molecule has 0 fully saturated rings. The van der Waals surface area contributed by atoms with Crippen LogP contribution in [0.2, 0.25) is 0 Å². The number of alkyl halides is 3. The fourth-order valence-electron chi connectivity index (χ4n) is 2.85. The fourth-order valence-corrected chi connectivity index (χ4v) is 2.85. The standard InChI is InChI=1S/C22H16F3N3O/c23-22(24,25)17-9-4-8-16(12-17)19-13-20(26-14-18-10-5-11-29-18)28-21(27-19)15-6-2-1-3-7-15/h1-13H,14H2,(H,26,27,28). The second-order valence-electron chi connectivity index (χ2n) is 6.34. The minimum Gasteiger partial charge on any atom is -0.467 e. The van der Waals surface area contributed by atoms with Crippen LogP contribution in [-0.2, 0) is 12.7 Å². The maximum absolute atomic E-state index is 13.1. The van der Waals surface area contributed by atoms with Crippen LogP contribution in [0.25, 0.3) is 22.6 Å². The topological polar surface area (TPSA) is 51.0 Å². The van der Waals surface area contributed by atoms with Gasteiger partial charge in [0.15, 0.2) is 5.82 Å². The summed E-state index contributed by atoms with van der Waals surface area (Å²) in [6.07, 6.45) is -2.86. The molecule has 0 amide bonds. The van der Waals surface area contributed by atoms with Crippen molar-refractivity contribution in [3.8, 4) is 22.6 Å². The first-order valence-electron chi connectivity index (χ1n) is 8.87. The first-order chi connectivity index (χ1) is 14.0. The Bertz CT molecular complexity index is 1090. The first kappa shape index (κ1) is 18.7. The van der Waals surface area contributed by atoms with Gasteiger partial charge in [-0.15, -0.1) is 0 Å². The molecule has 29 heavy (non-hydrogen) atoms. The quantitative estimate of drug-likeness (QED) is 0.448. The van der Waals surface area contributed by atoms with Crippen molar-refractivity contribution in [2.75, 3.05) is 5.32 Å².